The first-order valence-electron chi connectivity index (χ1n) is 26.8. The van der Waals surface area contributed by atoms with E-state index in [4.69, 9.17) is 13.9 Å². The molecule has 2 aliphatic carbocycles. The van der Waals surface area contributed by atoms with Crippen LogP contribution in [0.3, 0.4) is 0 Å². The van der Waals surface area contributed by atoms with Crippen molar-refractivity contribution in [1.82, 2.24) is 0 Å². The van der Waals surface area contributed by atoms with Gasteiger partial charge in [0.25, 0.3) is 0 Å². The molecule has 4 aliphatic rings. The molecule has 0 saturated carbocycles. The molecule has 0 bridgehead atoms. The number of benzene rings is 12. The lowest BCUT2D eigenvalue weighted by molar-refractivity contribution is 0.436. The second-order valence-electron chi connectivity index (χ2n) is 21.0. The number of nitrogens with zero attached hydrogens (tertiary/aromatic N) is 1. The molecule has 0 saturated heterocycles. The van der Waals surface area contributed by atoms with Crippen LogP contribution in [-0.4, -0.2) is 0 Å². The highest BCUT2D eigenvalue weighted by Crippen LogP contribution is 2.64. The number of hydrogen-bond donors (Lipinski definition) is 0. The van der Waals surface area contributed by atoms with Crippen molar-refractivity contribution < 1.29 is 13.9 Å². The number of ether oxygens (including phenoxy) is 2. The van der Waals surface area contributed by atoms with Gasteiger partial charge in [-0.15, -0.1) is 0 Å². The van der Waals surface area contributed by atoms with E-state index in [2.05, 4.69) is 266 Å². The molecule has 78 heavy (non-hydrogen) atoms. The molecular formula is C74H45NO3. The summed E-state index contributed by atoms with van der Waals surface area (Å²) in [4.78, 5) is 2.41. The Morgan fingerprint density at radius 2 is 0.641 bits per heavy atom. The van der Waals surface area contributed by atoms with Crippen LogP contribution in [0.15, 0.2) is 277 Å². The van der Waals surface area contributed by atoms with Crippen LogP contribution in [0.25, 0.3) is 66.4 Å². The molecule has 2 aliphatic heterocycles. The van der Waals surface area contributed by atoms with Crippen LogP contribution in [0.5, 0.6) is 23.0 Å². The summed E-state index contributed by atoms with van der Waals surface area (Å²) in [6.45, 7) is 0. The van der Waals surface area contributed by atoms with E-state index < -0.39 is 10.8 Å². The Labute approximate surface area is 451 Å². The lowest BCUT2D eigenvalue weighted by atomic mass is 9.66. The number of fused-ring (bicyclic) bond motifs is 21. The van der Waals surface area contributed by atoms with E-state index in [1.165, 1.54) is 55.6 Å². The molecule has 0 atom stereocenters. The van der Waals surface area contributed by atoms with Crippen molar-refractivity contribution in [3.05, 3.63) is 317 Å². The van der Waals surface area contributed by atoms with Crippen LogP contribution < -0.4 is 14.4 Å². The van der Waals surface area contributed by atoms with Crippen molar-refractivity contribution in [2.45, 2.75) is 10.8 Å². The number of hydrogen-bond acceptors (Lipinski definition) is 4. The van der Waals surface area contributed by atoms with Gasteiger partial charge in [0.15, 0.2) is 0 Å². The maximum absolute atomic E-state index is 6.72. The Bertz CT molecular complexity index is 4550. The summed E-state index contributed by atoms with van der Waals surface area (Å²) in [5.74, 6) is 3.54. The molecule has 0 fully saturated rings. The first kappa shape index (κ1) is 43.1. The summed E-state index contributed by atoms with van der Waals surface area (Å²) in [6, 6.07) is 99.2. The van der Waals surface area contributed by atoms with E-state index in [1.807, 2.05) is 12.1 Å². The predicted octanol–water partition coefficient (Wildman–Crippen LogP) is 19.3. The Balaban J connectivity index is 0.821. The third-order valence-electron chi connectivity index (χ3n) is 17.2. The van der Waals surface area contributed by atoms with Gasteiger partial charge in [-0.1, -0.05) is 188 Å². The van der Waals surface area contributed by atoms with Crippen molar-refractivity contribution in [3.63, 3.8) is 0 Å². The molecule has 0 unspecified atom stereocenters. The number of rotatable bonds is 5. The number of furan rings is 1. The zero-order valence-corrected chi connectivity index (χ0v) is 42.2. The molecule has 1 aromatic heterocycles. The number of anilines is 3. The molecule has 13 aromatic rings. The molecule has 4 nitrogen and oxygen atoms in total. The third-order valence-corrected chi connectivity index (χ3v) is 17.2. The molecule has 364 valence electrons. The van der Waals surface area contributed by atoms with Crippen molar-refractivity contribution in [2.24, 2.45) is 0 Å². The summed E-state index contributed by atoms with van der Waals surface area (Å²) in [5.41, 5.74) is 23.0. The van der Waals surface area contributed by atoms with Gasteiger partial charge in [0.2, 0.25) is 0 Å². The second kappa shape index (κ2) is 16.2. The van der Waals surface area contributed by atoms with E-state index in [0.29, 0.717) is 0 Å². The van der Waals surface area contributed by atoms with Gasteiger partial charge in [-0.3, -0.25) is 0 Å². The zero-order chi connectivity index (χ0) is 51.1. The topological polar surface area (TPSA) is 34.8 Å². The average Bonchev–Trinajstić information content (AvgIpc) is 3.94. The Hall–Kier alpha value is -10.2. The van der Waals surface area contributed by atoms with Gasteiger partial charge in [0, 0.05) is 50.1 Å². The van der Waals surface area contributed by atoms with Crippen LogP contribution in [0.1, 0.15) is 44.5 Å². The van der Waals surface area contributed by atoms with Gasteiger partial charge >= 0.3 is 0 Å². The maximum Gasteiger partial charge on any atom is 0.135 e. The third kappa shape index (κ3) is 5.83. The highest BCUT2D eigenvalue weighted by atomic mass is 16.5. The van der Waals surface area contributed by atoms with E-state index >= 15 is 0 Å². The second-order valence-corrected chi connectivity index (χ2v) is 21.0. The zero-order valence-electron chi connectivity index (χ0n) is 42.2. The fourth-order valence-corrected chi connectivity index (χ4v) is 14.0. The van der Waals surface area contributed by atoms with Crippen molar-refractivity contribution in [2.75, 3.05) is 4.90 Å². The maximum atomic E-state index is 6.72. The molecule has 0 amide bonds. The lowest BCUT2D eigenvalue weighted by Gasteiger charge is -2.39. The smallest absolute Gasteiger partial charge is 0.135 e. The number of para-hydroxylation sites is 5. The van der Waals surface area contributed by atoms with Crippen molar-refractivity contribution in [3.8, 4) is 67.5 Å². The van der Waals surface area contributed by atoms with Gasteiger partial charge in [0.1, 0.15) is 34.2 Å². The van der Waals surface area contributed by atoms with Crippen molar-refractivity contribution >= 4 is 39.0 Å². The summed E-state index contributed by atoms with van der Waals surface area (Å²) in [7, 11) is 0. The van der Waals surface area contributed by atoms with E-state index in [-0.39, 0.29) is 0 Å². The van der Waals surface area contributed by atoms with Crippen molar-refractivity contribution in [1.29, 1.82) is 0 Å². The monoisotopic (exact) mass is 995 g/mol. The van der Waals surface area contributed by atoms with Crippen LogP contribution in [0, 0.1) is 0 Å². The normalized spacial score (nSPS) is 14.1. The fourth-order valence-electron chi connectivity index (χ4n) is 14.0. The van der Waals surface area contributed by atoms with E-state index in [0.717, 1.165) is 95.4 Å². The molecule has 17 rings (SSSR count). The SMILES string of the molecule is c1ccc2c(c1)Oc1ccccc1C21c2ccccc2-c2cc(-c3ccc(N(c4ccc(-c5ccc6oc7ccccc7c6c5)cc4)c4ccc5c(c4)C4(c6ccccc6Oc6ccccc64)c4ccccc4-5)cc3)ccc21. The predicted molar refractivity (Wildman–Crippen MR) is 314 cm³/mol. The highest BCUT2D eigenvalue weighted by Gasteiger charge is 2.52. The van der Waals surface area contributed by atoms with E-state index in [9.17, 15) is 0 Å². The average molecular weight is 996 g/mol. The van der Waals surface area contributed by atoms with E-state index in [1.54, 1.807) is 0 Å². The molecular weight excluding hydrogens is 951 g/mol. The van der Waals surface area contributed by atoms with Gasteiger partial charge in [-0.2, -0.15) is 0 Å². The summed E-state index contributed by atoms with van der Waals surface area (Å²) >= 11 is 0. The van der Waals surface area contributed by atoms with Crippen LogP contribution >= 0.6 is 0 Å². The minimum Gasteiger partial charge on any atom is -0.457 e. The largest absolute Gasteiger partial charge is 0.457 e. The van der Waals surface area contributed by atoms with Crippen LogP contribution in [-0.2, 0) is 10.8 Å². The quantitative estimate of drug-likeness (QED) is 0.172. The van der Waals surface area contributed by atoms with Crippen LogP contribution in [0.2, 0.25) is 0 Å². The fraction of sp³-hybridized carbons (Fsp3) is 0.0270. The highest BCUT2D eigenvalue weighted by molar-refractivity contribution is 6.06. The standard InChI is InChI=1S/C74H45NO3/c1-4-18-59-53(15-1)55-40-39-52(45-66(55)74(59)64-22-8-13-27-71(64)78-72-28-14-9-23-65(72)74)75(51-37-31-47(32-38-51)49-34-42-68-58(44-49)56-17-3-10-24-67(56)76-68)50-35-29-46(30-36-50)48-33-41-61-57(43-48)54-16-2-5-19-60(54)73(61)62-20-6-11-25-69(62)77-70-26-12-7-21-63(70)73/h1-45H. The van der Waals surface area contributed by atoms with Gasteiger partial charge < -0.3 is 18.8 Å². The van der Waals surface area contributed by atoms with Crippen LogP contribution in [0.4, 0.5) is 17.1 Å². The van der Waals surface area contributed by atoms with Gasteiger partial charge in [0.05, 0.1) is 10.8 Å². The first-order chi connectivity index (χ1) is 38.6. The molecule has 0 radical (unpaired) electrons. The molecule has 4 heteroatoms. The molecule has 2 spiro atoms. The van der Waals surface area contributed by atoms with Gasteiger partial charge in [-0.05, 0) is 152 Å². The van der Waals surface area contributed by atoms with Gasteiger partial charge in [-0.25, -0.2) is 0 Å². The Kier molecular flexibility index (Phi) is 8.94. The lowest BCUT2D eigenvalue weighted by Crippen LogP contribution is -2.32. The minimum atomic E-state index is -0.609. The first-order valence-corrected chi connectivity index (χ1v) is 26.8. The summed E-state index contributed by atoms with van der Waals surface area (Å²) in [5, 5.41) is 2.24. The molecule has 3 heterocycles. The minimum absolute atomic E-state index is 0.513. The summed E-state index contributed by atoms with van der Waals surface area (Å²) < 4.78 is 19.6. The molecule has 0 N–H and O–H groups in total. The Morgan fingerprint density at radius 3 is 1.22 bits per heavy atom. The summed E-state index contributed by atoms with van der Waals surface area (Å²) in [6.07, 6.45) is 0. The molecule has 12 aromatic carbocycles. The Morgan fingerprint density at radius 1 is 0.244 bits per heavy atom.